The number of hydrogen-bond acceptors (Lipinski definition) is 5. The smallest absolute Gasteiger partial charge is 0.245 e. The number of amides is 2. The first-order valence-corrected chi connectivity index (χ1v) is 15.0. The molecule has 0 radical (unpaired) electrons. The molecule has 0 bridgehead atoms. The van der Waals surface area contributed by atoms with Crippen LogP contribution in [-0.2, 0) is 16.0 Å². The summed E-state index contributed by atoms with van der Waals surface area (Å²) >= 11 is 0. The molecular formula is C30H51N7O2. The first-order chi connectivity index (χ1) is 18.8. The monoisotopic (exact) mass is 541 g/mol. The van der Waals surface area contributed by atoms with Gasteiger partial charge in [-0.1, -0.05) is 70.9 Å². The average molecular weight is 542 g/mol. The molecule has 1 aromatic carbocycles. The van der Waals surface area contributed by atoms with Crippen molar-refractivity contribution in [2.45, 2.75) is 90.1 Å². The van der Waals surface area contributed by atoms with Gasteiger partial charge < -0.3 is 27.4 Å². The lowest BCUT2D eigenvalue weighted by Gasteiger charge is -2.38. The van der Waals surface area contributed by atoms with Crippen LogP contribution in [0.3, 0.4) is 0 Å². The number of nitrogens with one attached hydrogen (secondary N) is 1. The molecule has 7 N–H and O–H groups in total. The van der Waals surface area contributed by atoms with Crippen molar-refractivity contribution >= 4 is 23.5 Å². The van der Waals surface area contributed by atoms with Crippen LogP contribution in [0.15, 0.2) is 29.3 Å². The predicted octanol–water partition coefficient (Wildman–Crippen LogP) is 2.89. The second kappa shape index (κ2) is 15.8. The quantitative estimate of drug-likeness (QED) is 0.223. The molecule has 2 amide bonds. The standard InChI is InChI=1S/C30H51N7O2/c1-3-22(4-2)21-36-16-18-37(19-17-36)29(39)27(15-12-23-8-6-5-7-9-23)35-28(38)26(31)20-24-10-13-25(14-11-24)34-30(32)33/h10-11,13-14,22-23,26-27H,3-9,12,15-21,31H2,1-2H3,(H,35,38)(H4,32,33,34)/t26-,27-/m0/s1. The highest BCUT2D eigenvalue weighted by Gasteiger charge is 2.31. The summed E-state index contributed by atoms with van der Waals surface area (Å²) in [5.74, 6) is 1.10. The van der Waals surface area contributed by atoms with Crippen LogP contribution in [0.5, 0.6) is 0 Å². The van der Waals surface area contributed by atoms with Gasteiger partial charge >= 0.3 is 0 Å². The summed E-state index contributed by atoms with van der Waals surface area (Å²) in [7, 11) is 0. The van der Waals surface area contributed by atoms with Gasteiger partial charge in [0.2, 0.25) is 11.8 Å². The van der Waals surface area contributed by atoms with Crippen molar-refractivity contribution in [1.29, 1.82) is 0 Å². The number of rotatable bonds is 13. The summed E-state index contributed by atoms with van der Waals surface area (Å²) < 4.78 is 0. The Bertz CT molecular complexity index is 914. The van der Waals surface area contributed by atoms with Crippen LogP contribution >= 0.6 is 0 Å². The van der Waals surface area contributed by atoms with E-state index in [0.717, 1.165) is 31.6 Å². The number of nitrogens with two attached hydrogens (primary N) is 3. The zero-order valence-corrected chi connectivity index (χ0v) is 24.1. The normalized spacial score (nSPS) is 18.5. The first-order valence-electron chi connectivity index (χ1n) is 15.0. The van der Waals surface area contributed by atoms with Crippen molar-refractivity contribution in [2.75, 3.05) is 32.7 Å². The molecule has 2 atom stereocenters. The van der Waals surface area contributed by atoms with E-state index in [9.17, 15) is 9.59 Å². The minimum atomic E-state index is -0.749. The fourth-order valence-electron chi connectivity index (χ4n) is 5.90. The molecule has 1 aromatic rings. The van der Waals surface area contributed by atoms with E-state index in [1.54, 1.807) is 12.1 Å². The average Bonchev–Trinajstić information content (AvgIpc) is 2.95. The summed E-state index contributed by atoms with van der Waals surface area (Å²) in [6, 6.07) is 6.03. The lowest BCUT2D eigenvalue weighted by molar-refractivity contribution is -0.138. The maximum atomic E-state index is 13.7. The van der Waals surface area contributed by atoms with E-state index < -0.39 is 12.1 Å². The van der Waals surface area contributed by atoms with Crippen LogP contribution in [0.25, 0.3) is 0 Å². The van der Waals surface area contributed by atoms with Gasteiger partial charge in [0, 0.05) is 32.7 Å². The van der Waals surface area contributed by atoms with Gasteiger partial charge in [-0.05, 0) is 48.8 Å². The molecule has 0 aromatic heterocycles. The Kier molecular flexibility index (Phi) is 12.5. The minimum Gasteiger partial charge on any atom is -0.370 e. The van der Waals surface area contributed by atoms with E-state index in [0.29, 0.717) is 43.5 Å². The van der Waals surface area contributed by atoms with Gasteiger partial charge in [-0.25, -0.2) is 4.99 Å². The van der Waals surface area contributed by atoms with Gasteiger partial charge in [0.15, 0.2) is 5.96 Å². The van der Waals surface area contributed by atoms with Gasteiger partial charge in [-0.2, -0.15) is 0 Å². The minimum absolute atomic E-state index is 0.00436. The molecule has 39 heavy (non-hydrogen) atoms. The van der Waals surface area contributed by atoms with E-state index in [1.165, 1.54) is 44.9 Å². The molecule has 0 unspecified atom stereocenters. The zero-order valence-electron chi connectivity index (χ0n) is 24.1. The summed E-state index contributed by atoms with van der Waals surface area (Å²) in [4.78, 5) is 35.3. The third kappa shape index (κ3) is 10.1. The third-order valence-electron chi connectivity index (χ3n) is 8.54. The molecule has 0 spiro atoms. The van der Waals surface area contributed by atoms with Gasteiger partial charge in [0.1, 0.15) is 6.04 Å². The van der Waals surface area contributed by atoms with Crippen molar-refractivity contribution in [3.63, 3.8) is 0 Å². The van der Waals surface area contributed by atoms with Gasteiger partial charge in [0.05, 0.1) is 11.7 Å². The van der Waals surface area contributed by atoms with Gasteiger partial charge in [0.25, 0.3) is 0 Å². The molecule has 2 aliphatic rings. The molecule has 3 rings (SSSR count). The van der Waals surface area contributed by atoms with E-state index in [1.807, 2.05) is 17.0 Å². The molecule has 9 heteroatoms. The lowest BCUT2D eigenvalue weighted by Crippen LogP contribution is -2.57. The lowest BCUT2D eigenvalue weighted by atomic mass is 9.85. The van der Waals surface area contributed by atoms with Gasteiger partial charge in [-0.15, -0.1) is 0 Å². The van der Waals surface area contributed by atoms with E-state index in [-0.39, 0.29) is 17.8 Å². The highest BCUT2D eigenvalue weighted by molar-refractivity contribution is 5.90. The summed E-state index contributed by atoms with van der Waals surface area (Å²) in [6.07, 6.45) is 10.7. The maximum Gasteiger partial charge on any atom is 0.245 e. The number of hydrogen-bond donors (Lipinski definition) is 4. The summed E-state index contributed by atoms with van der Waals surface area (Å²) in [6.45, 7) is 8.80. The number of carbonyl (C=O) groups is 2. The van der Waals surface area contributed by atoms with Crippen LogP contribution in [-0.4, -0.2) is 72.4 Å². The number of carbonyl (C=O) groups excluding carboxylic acids is 2. The molecular weight excluding hydrogens is 490 g/mol. The topological polar surface area (TPSA) is 143 Å². The maximum absolute atomic E-state index is 13.7. The van der Waals surface area contributed by atoms with Crippen molar-refractivity contribution in [3.8, 4) is 0 Å². The molecule has 1 aliphatic heterocycles. The highest BCUT2D eigenvalue weighted by atomic mass is 16.2. The Labute approximate surface area is 234 Å². The largest absolute Gasteiger partial charge is 0.370 e. The summed E-state index contributed by atoms with van der Waals surface area (Å²) in [5.41, 5.74) is 18.7. The first kappa shape index (κ1) is 30.9. The van der Waals surface area contributed by atoms with Crippen LogP contribution in [0.4, 0.5) is 5.69 Å². The zero-order chi connectivity index (χ0) is 28.2. The van der Waals surface area contributed by atoms with Crippen LogP contribution < -0.4 is 22.5 Å². The number of guanidine groups is 1. The molecule has 9 nitrogen and oxygen atoms in total. The fraction of sp³-hybridized carbons (Fsp3) is 0.700. The van der Waals surface area contributed by atoms with Crippen molar-refractivity contribution in [1.82, 2.24) is 15.1 Å². The van der Waals surface area contributed by atoms with Crippen molar-refractivity contribution in [3.05, 3.63) is 29.8 Å². The Morgan fingerprint density at radius 3 is 2.23 bits per heavy atom. The fourth-order valence-corrected chi connectivity index (χ4v) is 5.90. The van der Waals surface area contributed by atoms with Crippen LogP contribution in [0.2, 0.25) is 0 Å². The predicted molar refractivity (Wildman–Crippen MR) is 158 cm³/mol. The molecule has 2 fully saturated rings. The van der Waals surface area contributed by atoms with Crippen molar-refractivity contribution < 1.29 is 9.59 Å². The Morgan fingerprint density at radius 2 is 1.64 bits per heavy atom. The molecule has 1 heterocycles. The molecule has 218 valence electrons. The van der Waals surface area contributed by atoms with E-state index in [4.69, 9.17) is 17.2 Å². The van der Waals surface area contributed by atoms with Crippen LogP contribution in [0, 0.1) is 11.8 Å². The number of aliphatic imine (C=N–C) groups is 1. The molecule has 1 saturated carbocycles. The molecule has 1 saturated heterocycles. The second-order valence-corrected chi connectivity index (χ2v) is 11.5. The van der Waals surface area contributed by atoms with E-state index >= 15 is 0 Å². The van der Waals surface area contributed by atoms with Crippen LogP contribution in [0.1, 0.15) is 77.2 Å². The summed E-state index contributed by atoms with van der Waals surface area (Å²) in [5, 5.41) is 3.05. The third-order valence-corrected chi connectivity index (χ3v) is 8.54. The Hall–Kier alpha value is -2.65. The Balaban J connectivity index is 1.59. The van der Waals surface area contributed by atoms with E-state index in [2.05, 4.69) is 29.1 Å². The molecule has 1 aliphatic carbocycles. The van der Waals surface area contributed by atoms with Gasteiger partial charge in [-0.3, -0.25) is 14.5 Å². The number of benzene rings is 1. The SMILES string of the molecule is CCC(CC)CN1CCN(C(=O)[C@H](CCC2CCCCC2)NC(=O)[C@@H](N)Cc2ccc(N=C(N)N)cc2)CC1. The highest BCUT2D eigenvalue weighted by Crippen LogP contribution is 2.28. The number of nitrogens with zero attached hydrogens (tertiary/aromatic N) is 3. The second-order valence-electron chi connectivity index (χ2n) is 11.5. The Morgan fingerprint density at radius 1 is 1.00 bits per heavy atom. The van der Waals surface area contributed by atoms with Crippen molar-refractivity contribution in [2.24, 2.45) is 34.0 Å². The number of piperazine rings is 1.